The van der Waals surface area contributed by atoms with Crippen molar-refractivity contribution in [3.8, 4) is 0 Å². The highest BCUT2D eigenvalue weighted by Gasteiger charge is 2.15. The van der Waals surface area contributed by atoms with E-state index in [1.807, 2.05) is 17.7 Å². The highest BCUT2D eigenvalue weighted by atomic mass is 32.1. The van der Waals surface area contributed by atoms with Gasteiger partial charge in [0.1, 0.15) is 10.7 Å². The van der Waals surface area contributed by atoms with Crippen molar-refractivity contribution in [1.29, 1.82) is 0 Å². The number of amides is 1. The molecule has 0 aromatic carbocycles. The lowest BCUT2D eigenvalue weighted by Gasteiger charge is -2.04. The van der Waals surface area contributed by atoms with Crippen LogP contribution >= 0.6 is 11.3 Å². The average Bonchev–Trinajstić information content (AvgIpc) is 3.08. The maximum atomic E-state index is 12.0. The molecule has 0 fully saturated rings. The minimum atomic E-state index is -0.156. The molecule has 114 valence electrons. The van der Waals surface area contributed by atoms with E-state index in [-0.39, 0.29) is 11.7 Å². The van der Waals surface area contributed by atoms with Gasteiger partial charge in [-0.15, -0.1) is 0 Å². The Balaban J connectivity index is 1.71. The van der Waals surface area contributed by atoms with E-state index in [1.54, 1.807) is 12.5 Å². The van der Waals surface area contributed by atoms with Gasteiger partial charge in [-0.2, -0.15) is 0 Å². The van der Waals surface area contributed by atoms with Crippen LogP contribution in [0.5, 0.6) is 0 Å². The van der Waals surface area contributed by atoms with E-state index in [0.29, 0.717) is 16.6 Å². The standard InChI is InChI=1S/C13H20N6OS/c1-2-16-13-18-11(14)10(21-13)12(20)17-5-3-4-7-19-8-6-15-9-19/h6,8-9H,2-5,7,14H2,1H3,(H,16,18)(H,17,20). The number of aryl methyl sites for hydroxylation is 1. The van der Waals surface area contributed by atoms with Crippen LogP contribution in [0.15, 0.2) is 18.7 Å². The van der Waals surface area contributed by atoms with Gasteiger partial charge >= 0.3 is 0 Å². The van der Waals surface area contributed by atoms with Crippen LogP contribution in [0.3, 0.4) is 0 Å². The van der Waals surface area contributed by atoms with Crippen LogP contribution in [0.4, 0.5) is 10.9 Å². The average molecular weight is 308 g/mol. The minimum absolute atomic E-state index is 0.156. The van der Waals surface area contributed by atoms with Gasteiger partial charge in [-0.25, -0.2) is 9.97 Å². The largest absolute Gasteiger partial charge is 0.382 e. The minimum Gasteiger partial charge on any atom is -0.382 e. The van der Waals surface area contributed by atoms with Crippen LogP contribution in [0, 0.1) is 0 Å². The van der Waals surface area contributed by atoms with Gasteiger partial charge in [-0.05, 0) is 19.8 Å². The fourth-order valence-electron chi connectivity index (χ4n) is 1.84. The number of nitrogen functional groups attached to an aromatic ring is 1. The van der Waals surface area contributed by atoms with Crippen LogP contribution < -0.4 is 16.4 Å². The summed E-state index contributed by atoms with van der Waals surface area (Å²) in [6.45, 7) is 4.25. The number of carbonyl (C=O) groups excluding carboxylic acids is 1. The zero-order chi connectivity index (χ0) is 15.1. The van der Waals surface area contributed by atoms with Crippen LogP contribution in [-0.4, -0.2) is 33.5 Å². The Morgan fingerprint density at radius 2 is 2.33 bits per heavy atom. The number of hydrogen-bond acceptors (Lipinski definition) is 6. The number of nitrogens with zero attached hydrogens (tertiary/aromatic N) is 3. The van der Waals surface area contributed by atoms with Gasteiger partial charge in [0, 0.05) is 32.0 Å². The number of thiazole rings is 1. The summed E-state index contributed by atoms with van der Waals surface area (Å²) in [5.74, 6) is 0.128. The molecule has 0 atom stereocenters. The number of nitrogens with two attached hydrogens (primary N) is 1. The Kier molecular flexibility index (Phi) is 5.56. The number of aromatic nitrogens is 3. The Hall–Kier alpha value is -2.09. The fourth-order valence-corrected chi connectivity index (χ4v) is 2.71. The molecule has 2 heterocycles. The smallest absolute Gasteiger partial charge is 0.265 e. The monoisotopic (exact) mass is 308 g/mol. The number of unbranched alkanes of at least 4 members (excludes halogenated alkanes) is 1. The molecule has 0 spiro atoms. The third-order valence-electron chi connectivity index (χ3n) is 2.88. The summed E-state index contributed by atoms with van der Waals surface area (Å²) in [5, 5.41) is 6.61. The lowest BCUT2D eigenvalue weighted by Crippen LogP contribution is -2.24. The quantitative estimate of drug-likeness (QED) is 0.643. The van der Waals surface area contributed by atoms with Crippen molar-refractivity contribution in [2.75, 3.05) is 24.1 Å². The normalized spacial score (nSPS) is 10.5. The Labute approximate surface area is 127 Å². The second-order valence-electron chi connectivity index (χ2n) is 4.53. The summed E-state index contributed by atoms with van der Waals surface area (Å²) < 4.78 is 2.02. The van der Waals surface area contributed by atoms with E-state index in [0.717, 1.165) is 25.9 Å². The Bertz CT molecular complexity index is 565. The number of imidazole rings is 1. The van der Waals surface area contributed by atoms with Crippen molar-refractivity contribution >= 4 is 28.2 Å². The van der Waals surface area contributed by atoms with Gasteiger partial charge in [-0.1, -0.05) is 11.3 Å². The van der Waals surface area contributed by atoms with E-state index in [4.69, 9.17) is 5.73 Å². The third kappa shape index (κ3) is 4.45. The van der Waals surface area contributed by atoms with Gasteiger partial charge in [0.25, 0.3) is 5.91 Å². The molecule has 21 heavy (non-hydrogen) atoms. The van der Waals surface area contributed by atoms with E-state index in [9.17, 15) is 4.79 Å². The molecule has 1 amide bonds. The number of nitrogens with one attached hydrogen (secondary N) is 2. The lowest BCUT2D eigenvalue weighted by atomic mass is 10.3. The van der Waals surface area contributed by atoms with Gasteiger partial charge < -0.3 is 20.9 Å². The van der Waals surface area contributed by atoms with Gasteiger partial charge in [0.15, 0.2) is 5.13 Å². The molecule has 0 saturated carbocycles. The van der Waals surface area contributed by atoms with E-state index in [1.165, 1.54) is 11.3 Å². The first-order valence-electron chi connectivity index (χ1n) is 6.94. The molecule has 0 aliphatic rings. The molecule has 8 heteroatoms. The Morgan fingerprint density at radius 1 is 1.48 bits per heavy atom. The highest BCUT2D eigenvalue weighted by Crippen LogP contribution is 2.24. The molecule has 0 bridgehead atoms. The Morgan fingerprint density at radius 3 is 3.05 bits per heavy atom. The number of rotatable bonds is 8. The van der Waals surface area contributed by atoms with Crippen LogP contribution in [0.25, 0.3) is 0 Å². The molecule has 0 saturated heterocycles. The molecule has 0 radical (unpaired) electrons. The van der Waals surface area contributed by atoms with Crippen molar-refractivity contribution in [2.24, 2.45) is 0 Å². The maximum Gasteiger partial charge on any atom is 0.265 e. The molecule has 2 rings (SSSR count). The second kappa shape index (κ2) is 7.63. The van der Waals surface area contributed by atoms with Crippen molar-refractivity contribution < 1.29 is 4.79 Å². The first-order chi connectivity index (χ1) is 10.2. The van der Waals surface area contributed by atoms with Gasteiger partial charge in [0.2, 0.25) is 0 Å². The first kappa shape index (κ1) is 15.3. The van der Waals surface area contributed by atoms with Crippen LogP contribution in [0.1, 0.15) is 29.4 Å². The molecule has 2 aromatic rings. The summed E-state index contributed by atoms with van der Waals surface area (Å²) in [6, 6.07) is 0. The van der Waals surface area contributed by atoms with E-state index >= 15 is 0 Å². The van der Waals surface area contributed by atoms with Crippen LogP contribution in [-0.2, 0) is 6.54 Å². The van der Waals surface area contributed by atoms with Gasteiger partial charge in [0.05, 0.1) is 6.33 Å². The lowest BCUT2D eigenvalue weighted by molar-refractivity contribution is 0.0957. The van der Waals surface area contributed by atoms with Crippen molar-refractivity contribution in [3.05, 3.63) is 23.6 Å². The molecule has 7 nitrogen and oxygen atoms in total. The summed E-state index contributed by atoms with van der Waals surface area (Å²) in [4.78, 5) is 20.6. The zero-order valence-corrected chi connectivity index (χ0v) is 12.8. The van der Waals surface area contributed by atoms with Crippen LogP contribution in [0.2, 0.25) is 0 Å². The second-order valence-corrected chi connectivity index (χ2v) is 5.53. The predicted molar refractivity (Wildman–Crippen MR) is 84.5 cm³/mol. The summed E-state index contributed by atoms with van der Waals surface area (Å²) >= 11 is 1.28. The fraction of sp³-hybridized carbons (Fsp3) is 0.462. The van der Waals surface area contributed by atoms with Crippen molar-refractivity contribution in [3.63, 3.8) is 0 Å². The highest BCUT2D eigenvalue weighted by molar-refractivity contribution is 7.18. The zero-order valence-electron chi connectivity index (χ0n) is 12.0. The molecule has 0 aliphatic carbocycles. The first-order valence-corrected chi connectivity index (χ1v) is 7.76. The molecule has 2 aromatic heterocycles. The molecular weight excluding hydrogens is 288 g/mol. The SMILES string of the molecule is CCNc1nc(N)c(C(=O)NCCCCn2ccnc2)s1. The molecular formula is C13H20N6OS. The number of hydrogen-bond donors (Lipinski definition) is 3. The number of carbonyl (C=O) groups is 1. The topological polar surface area (TPSA) is 97.9 Å². The predicted octanol–water partition coefficient (Wildman–Crippen LogP) is 1.56. The maximum absolute atomic E-state index is 12.0. The van der Waals surface area contributed by atoms with Crippen molar-refractivity contribution in [2.45, 2.75) is 26.3 Å². The molecule has 0 aliphatic heterocycles. The third-order valence-corrected chi connectivity index (χ3v) is 3.90. The van der Waals surface area contributed by atoms with E-state index < -0.39 is 0 Å². The number of anilines is 2. The van der Waals surface area contributed by atoms with Gasteiger partial charge in [-0.3, -0.25) is 4.79 Å². The van der Waals surface area contributed by atoms with E-state index in [2.05, 4.69) is 20.6 Å². The summed E-state index contributed by atoms with van der Waals surface area (Å²) in [6.07, 6.45) is 7.37. The summed E-state index contributed by atoms with van der Waals surface area (Å²) in [5.41, 5.74) is 5.76. The molecule has 4 N–H and O–H groups in total. The van der Waals surface area contributed by atoms with Crippen molar-refractivity contribution in [1.82, 2.24) is 19.9 Å². The molecule has 0 unspecified atom stereocenters. The summed E-state index contributed by atoms with van der Waals surface area (Å²) in [7, 11) is 0.